The zero-order valence-electron chi connectivity index (χ0n) is 33.0. The summed E-state index contributed by atoms with van der Waals surface area (Å²) in [6, 6.07) is 88.1. The van der Waals surface area contributed by atoms with Gasteiger partial charge in [-0.05, 0) is 104 Å². The van der Waals surface area contributed by atoms with Crippen molar-refractivity contribution in [3.63, 3.8) is 0 Å². The molecule has 0 aliphatic carbocycles. The first-order valence-electron chi connectivity index (χ1n) is 20.6. The Morgan fingerprint density at radius 2 is 0.817 bits per heavy atom. The molecule has 0 spiro atoms. The van der Waals surface area contributed by atoms with Gasteiger partial charge in [-0.15, -0.1) is 0 Å². The SMILES string of the molecule is c1ccc(-c2cc(-c3ccccc3)cc(N(c3ccc4c5ccccc5n(-c5cccc(-c6ccccc6)c5)c4c3)c3ccc4ccccc4c3-c3ccccc3)c2)cc1. The predicted octanol–water partition coefficient (Wildman–Crippen LogP) is 16.1. The smallest absolute Gasteiger partial charge is 0.0561 e. The van der Waals surface area contributed by atoms with Gasteiger partial charge in [-0.3, -0.25) is 0 Å². The van der Waals surface area contributed by atoms with E-state index < -0.39 is 0 Å². The van der Waals surface area contributed by atoms with Crippen LogP contribution in [0.25, 0.3) is 82.8 Å². The first-order chi connectivity index (χ1) is 29.8. The molecule has 0 radical (unpaired) electrons. The highest BCUT2D eigenvalue weighted by molar-refractivity contribution is 6.11. The van der Waals surface area contributed by atoms with Crippen molar-refractivity contribution in [2.45, 2.75) is 0 Å². The largest absolute Gasteiger partial charge is 0.310 e. The second-order valence-electron chi connectivity index (χ2n) is 15.4. The van der Waals surface area contributed by atoms with Crippen molar-refractivity contribution in [2.75, 3.05) is 4.90 Å². The molecule has 11 aromatic rings. The van der Waals surface area contributed by atoms with Crippen LogP contribution in [-0.4, -0.2) is 4.57 Å². The highest BCUT2D eigenvalue weighted by Gasteiger charge is 2.23. The fourth-order valence-corrected chi connectivity index (χ4v) is 8.95. The van der Waals surface area contributed by atoms with Crippen LogP contribution in [0, 0.1) is 0 Å². The Morgan fingerprint density at radius 1 is 0.283 bits per heavy atom. The molecule has 2 nitrogen and oxygen atoms in total. The standard InChI is InChI=1S/C58H40N2/c1-5-18-41(19-6-1)46-27-17-28-49(37-46)60-55-31-16-15-30-53(55)54-34-33-50(40-57(54)60)59(56-35-32-44-24-13-14-29-52(44)58(56)45-25-11-4-12-26-45)51-38-47(42-20-7-2-8-21-42)36-48(39-51)43-22-9-3-10-23-43/h1-40H. The van der Waals surface area contributed by atoms with Crippen LogP contribution in [0.3, 0.4) is 0 Å². The third kappa shape index (κ3) is 6.32. The summed E-state index contributed by atoms with van der Waals surface area (Å²) in [6.45, 7) is 0. The van der Waals surface area contributed by atoms with Gasteiger partial charge >= 0.3 is 0 Å². The van der Waals surface area contributed by atoms with Crippen molar-refractivity contribution >= 4 is 49.6 Å². The molecule has 0 fully saturated rings. The van der Waals surface area contributed by atoms with E-state index in [0.29, 0.717) is 0 Å². The Kier molecular flexibility index (Phi) is 8.87. The number of hydrogen-bond acceptors (Lipinski definition) is 1. The van der Waals surface area contributed by atoms with Gasteiger partial charge in [0.1, 0.15) is 0 Å². The maximum Gasteiger partial charge on any atom is 0.0561 e. The van der Waals surface area contributed by atoms with E-state index >= 15 is 0 Å². The molecule has 1 heterocycles. The molecule has 60 heavy (non-hydrogen) atoms. The minimum Gasteiger partial charge on any atom is -0.310 e. The van der Waals surface area contributed by atoms with E-state index in [1.54, 1.807) is 0 Å². The van der Waals surface area contributed by atoms with E-state index in [2.05, 4.69) is 252 Å². The van der Waals surface area contributed by atoms with Gasteiger partial charge in [0, 0.05) is 33.4 Å². The maximum atomic E-state index is 2.48. The molecule has 2 heteroatoms. The Balaban J connectivity index is 1.22. The molecule has 10 aromatic carbocycles. The number of hydrogen-bond donors (Lipinski definition) is 0. The van der Waals surface area contributed by atoms with Gasteiger partial charge in [0.2, 0.25) is 0 Å². The summed E-state index contributed by atoms with van der Waals surface area (Å²) in [7, 11) is 0. The van der Waals surface area contributed by atoms with Crippen LogP contribution in [0.2, 0.25) is 0 Å². The molecular formula is C58H40N2. The molecule has 0 aliphatic heterocycles. The average Bonchev–Trinajstić information content (AvgIpc) is 3.66. The Bertz CT molecular complexity index is 3240. The predicted molar refractivity (Wildman–Crippen MR) is 255 cm³/mol. The highest BCUT2D eigenvalue weighted by atomic mass is 15.1. The van der Waals surface area contributed by atoms with Crippen LogP contribution in [0.4, 0.5) is 17.1 Å². The summed E-state index contributed by atoms with van der Waals surface area (Å²) >= 11 is 0. The van der Waals surface area contributed by atoms with Crippen molar-refractivity contribution < 1.29 is 0 Å². The second-order valence-corrected chi connectivity index (χ2v) is 15.4. The maximum absolute atomic E-state index is 2.48. The van der Waals surface area contributed by atoms with E-state index in [1.807, 2.05) is 0 Å². The number of nitrogens with zero attached hydrogens (tertiary/aromatic N) is 2. The van der Waals surface area contributed by atoms with Crippen LogP contribution < -0.4 is 4.90 Å². The number of rotatable bonds is 8. The van der Waals surface area contributed by atoms with Gasteiger partial charge in [0.25, 0.3) is 0 Å². The van der Waals surface area contributed by atoms with Gasteiger partial charge in [0.15, 0.2) is 0 Å². The summed E-state index contributed by atoms with van der Waals surface area (Å²) < 4.78 is 2.44. The molecular weight excluding hydrogens is 725 g/mol. The fourth-order valence-electron chi connectivity index (χ4n) is 8.95. The lowest BCUT2D eigenvalue weighted by Crippen LogP contribution is -2.12. The highest BCUT2D eigenvalue weighted by Crippen LogP contribution is 2.47. The van der Waals surface area contributed by atoms with Crippen molar-refractivity contribution in [3.8, 4) is 50.2 Å². The van der Waals surface area contributed by atoms with Crippen LogP contribution in [0.1, 0.15) is 0 Å². The van der Waals surface area contributed by atoms with Crippen LogP contribution in [0.5, 0.6) is 0 Å². The third-order valence-electron chi connectivity index (χ3n) is 11.7. The number of fused-ring (bicyclic) bond motifs is 4. The molecule has 282 valence electrons. The number of aromatic nitrogens is 1. The molecule has 0 unspecified atom stereocenters. The van der Waals surface area contributed by atoms with E-state index in [1.165, 1.54) is 60.4 Å². The topological polar surface area (TPSA) is 8.17 Å². The van der Waals surface area contributed by atoms with E-state index in [0.717, 1.165) is 39.4 Å². The molecule has 1 aromatic heterocycles. The molecule has 0 saturated carbocycles. The molecule has 0 bridgehead atoms. The fraction of sp³-hybridized carbons (Fsp3) is 0. The minimum absolute atomic E-state index is 1.07. The molecule has 11 rings (SSSR count). The number of para-hydroxylation sites is 1. The van der Waals surface area contributed by atoms with Crippen LogP contribution in [-0.2, 0) is 0 Å². The van der Waals surface area contributed by atoms with Crippen LogP contribution >= 0.6 is 0 Å². The summed E-state index contributed by atoms with van der Waals surface area (Å²) in [5, 5.41) is 4.85. The van der Waals surface area contributed by atoms with Gasteiger partial charge in [0.05, 0.1) is 16.7 Å². The van der Waals surface area contributed by atoms with E-state index in [4.69, 9.17) is 0 Å². The quantitative estimate of drug-likeness (QED) is 0.150. The van der Waals surface area contributed by atoms with Crippen LogP contribution in [0.15, 0.2) is 243 Å². The summed E-state index contributed by atoms with van der Waals surface area (Å²) in [5.74, 6) is 0. The van der Waals surface area contributed by atoms with Crippen molar-refractivity contribution in [2.24, 2.45) is 0 Å². The summed E-state index contributed by atoms with van der Waals surface area (Å²) in [4.78, 5) is 2.48. The normalized spacial score (nSPS) is 11.3. The van der Waals surface area contributed by atoms with Crippen molar-refractivity contribution in [1.82, 2.24) is 4.57 Å². The number of benzene rings is 10. The lowest BCUT2D eigenvalue weighted by Gasteiger charge is -2.30. The zero-order valence-corrected chi connectivity index (χ0v) is 33.0. The van der Waals surface area contributed by atoms with Gasteiger partial charge in [-0.1, -0.05) is 188 Å². The van der Waals surface area contributed by atoms with E-state index in [-0.39, 0.29) is 0 Å². The lowest BCUT2D eigenvalue weighted by molar-refractivity contribution is 1.18. The second kappa shape index (κ2) is 15.1. The Morgan fingerprint density at radius 3 is 1.48 bits per heavy atom. The molecule has 0 atom stereocenters. The number of anilines is 3. The monoisotopic (exact) mass is 764 g/mol. The molecule has 0 N–H and O–H groups in total. The average molecular weight is 765 g/mol. The van der Waals surface area contributed by atoms with Gasteiger partial charge in [-0.2, -0.15) is 0 Å². The Labute approximate surface area is 350 Å². The summed E-state index contributed by atoms with van der Waals surface area (Å²) in [6.07, 6.45) is 0. The minimum atomic E-state index is 1.07. The van der Waals surface area contributed by atoms with Gasteiger partial charge in [-0.25, -0.2) is 0 Å². The first-order valence-corrected chi connectivity index (χ1v) is 20.6. The molecule has 0 saturated heterocycles. The summed E-state index contributed by atoms with van der Waals surface area (Å²) in [5.41, 5.74) is 16.1. The zero-order chi connectivity index (χ0) is 39.8. The lowest BCUT2D eigenvalue weighted by atomic mass is 9.94. The van der Waals surface area contributed by atoms with Crippen molar-refractivity contribution in [1.29, 1.82) is 0 Å². The third-order valence-corrected chi connectivity index (χ3v) is 11.7. The van der Waals surface area contributed by atoms with E-state index in [9.17, 15) is 0 Å². The first kappa shape index (κ1) is 35.2. The molecule has 0 aliphatic rings. The van der Waals surface area contributed by atoms with Crippen molar-refractivity contribution in [3.05, 3.63) is 243 Å². The van der Waals surface area contributed by atoms with Gasteiger partial charge < -0.3 is 9.47 Å². The molecule has 0 amide bonds. The Hall–Kier alpha value is -7.94.